The summed E-state index contributed by atoms with van der Waals surface area (Å²) in [6.07, 6.45) is 6.96. The number of amides is 2. The molecule has 0 bridgehead atoms. The van der Waals surface area contributed by atoms with Gasteiger partial charge in [-0.2, -0.15) is 0 Å². The van der Waals surface area contributed by atoms with Crippen molar-refractivity contribution in [2.24, 2.45) is 5.73 Å². The van der Waals surface area contributed by atoms with Gasteiger partial charge < -0.3 is 25.5 Å². The second-order valence-electron chi connectivity index (χ2n) is 13.7. The van der Waals surface area contributed by atoms with Gasteiger partial charge >= 0.3 is 0 Å². The molecule has 0 unspecified atom stereocenters. The molecule has 7 rings (SSSR count). The number of rotatable bonds is 9. The first kappa shape index (κ1) is 36.4. The number of hydrogen-bond donors (Lipinski definition) is 3. The van der Waals surface area contributed by atoms with E-state index in [1.807, 2.05) is 94.7 Å². The van der Waals surface area contributed by atoms with E-state index < -0.39 is 6.04 Å². The number of aromatic amines is 2. The van der Waals surface area contributed by atoms with Crippen molar-refractivity contribution >= 4 is 11.8 Å². The molecule has 2 saturated heterocycles. The van der Waals surface area contributed by atoms with Crippen LogP contribution in [0.3, 0.4) is 0 Å². The van der Waals surface area contributed by atoms with E-state index in [1.165, 1.54) is 0 Å². The van der Waals surface area contributed by atoms with Gasteiger partial charge in [0.2, 0.25) is 11.8 Å². The van der Waals surface area contributed by atoms with Crippen molar-refractivity contribution in [3.05, 3.63) is 143 Å². The molecule has 4 heterocycles. The van der Waals surface area contributed by atoms with Crippen LogP contribution in [0.5, 0.6) is 0 Å². The lowest BCUT2D eigenvalue weighted by Gasteiger charge is -2.34. The van der Waals surface area contributed by atoms with Gasteiger partial charge in [-0.25, -0.2) is 9.97 Å². The van der Waals surface area contributed by atoms with Crippen molar-refractivity contribution < 1.29 is 9.59 Å². The summed E-state index contributed by atoms with van der Waals surface area (Å²) in [5, 5.41) is 0. The van der Waals surface area contributed by atoms with Crippen molar-refractivity contribution in [1.82, 2.24) is 34.6 Å². The molecule has 2 aromatic heterocycles. The van der Waals surface area contributed by atoms with Crippen LogP contribution in [-0.2, 0) is 9.59 Å². The number of nitrogens with zero attached hydrogens (tertiary/aromatic N) is 5. The van der Waals surface area contributed by atoms with Crippen LogP contribution in [0, 0.1) is 23.7 Å². The number of hydrogen-bond acceptors (Lipinski definition) is 6. The van der Waals surface area contributed by atoms with Gasteiger partial charge in [0.25, 0.3) is 0 Å². The van der Waals surface area contributed by atoms with E-state index in [1.54, 1.807) is 12.4 Å². The number of H-pyrrole nitrogens is 2. The average molecular weight is 719 g/mol. The minimum Gasteiger partial charge on any atom is -0.334 e. The summed E-state index contributed by atoms with van der Waals surface area (Å²) in [7, 11) is 0. The van der Waals surface area contributed by atoms with Gasteiger partial charge in [-0.05, 0) is 86.0 Å². The molecule has 2 aliphatic heterocycles. The Morgan fingerprint density at radius 3 is 1.65 bits per heavy atom. The number of likely N-dealkylation sites (tertiary alicyclic amines) is 2. The van der Waals surface area contributed by atoms with Crippen molar-refractivity contribution in [3.8, 4) is 23.7 Å². The average Bonchev–Trinajstić information content (AvgIpc) is 4.06. The zero-order valence-electron chi connectivity index (χ0n) is 30.8. The quantitative estimate of drug-likeness (QED) is 0.160. The van der Waals surface area contributed by atoms with Crippen LogP contribution in [0.4, 0.5) is 0 Å². The Morgan fingerprint density at radius 2 is 1.17 bits per heavy atom. The van der Waals surface area contributed by atoms with Crippen LogP contribution < -0.4 is 5.73 Å². The molecule has 2 fully saturated rings. The Hall–Kier alpha value is -5.94. The van der Waals surface area contributed by atoms with Crippen molar-refractivity contribution in [3.63, 3.8) is 0 Å². The fraction of sp³-hybridized carbons (Fsp3) is 0.318. The SMILES string of the molecule is CCN(CC)[C@@H](C(=O)N1CCC[C@H]1c1ncc(C#Cc2ccc(C#Cc3cnc([C@@H]4CCCN4C(=O)[C@H](N)c4ccccc4)[nH]3)cc2)[nH]1)c1ccccc1. The lowest BCUT2D eigenvalue weighted by atomic mass is 10.0. The molecule has 0 radical (unpaired) electrons. The second kappa shape index (κ2) is 16.8. The van der Waals surface area contributed by atoms with Gasteiger partial charge in [0, 0.05) is 24.2 Å². The highest BCUT2D eigenvalue weighted by atomic mass is 16.2. The molecule has 5 aromatic rings. The van der Waals surface area contributed by atoms with E-state index in [9.17, 15) is 9.59 Å². The highest BCUT2D eigenvalue weighted by Crippen LogP contribution is 2.35. The monoisotopic (exact) mass is 718 g/mol. The molecular weight excluding hydrogens is 673 g/mol. The number of likely N-dealkylation sites (N-methyl/N-ethyl adjacent to an activating group) is 1. The summed E-state index contributed by atoms with van der Waals surface area (Å²) in [6.45, 7) is 7.13. The predicted octanol–water partition coefficient (Wildman–Crippen LogP) is 6.04. The van der Waals surface area contributed by atoms with Crippen LogP contribution in [0.15, 0.2) is 97.3 Å². The fourth-order valence-electron chi connectivity index (χ4n) is 7.56. The molecule has 10 heteroatoms. The van der Waals surface area contributed by atoms with E-state index in [0.29, 0.717) is 24.5 Å². The topological polar surface area (TPSA) is 127 Å². The molecule has 0 spiro atoms. The van der Waals surface area contributed by atoms with Gasteiger partial charge in [-0.3, -0.25) is 14.5 Å². The normalized spacial score (nSPS) is 17.8. The number of nitrogens with one attached hydrogen (secondary N) is 2. The van der Waals surface area contributed by atoms with Crippen LogP contribution >= 0.6 is 0 Å². The highest BCUT2D eigenvalue weighted by molar-refractivity contribution is 5.84. The Bertz CT molecular complexity index is 2170. The van der Waals surface area contributed by atoms with E-state index in [-0.39, 0.29) is 29.9 Å². The smallest absolute Gasteiger partial charge is 0.245 e. The molecule has 4 atom stereocenters. The maximum absolute atomic E-state index is 14.1. The summed E-state index contributed by atoms with van der Waals surface area (Å²) < 4.78 is 0. The zero-order valence-corrected chi connectivity index (χ0v) is 30.8. The third-order valence-corrected chi connectivity index (χ3v) is 10.4. The first-order valence-electron chi connectivity index (χ1n) is 18.9. The Balaban J connectivity index is 0.980. The van der Waals surface area contributed by atoms with Crippen LogP contribution in [0.2, 0.25) is 0 Å². The summed E-state index contributed by atoms with van der Waals surface area (Å²) >= 11 is 0. The molecular formula is C44H46N8O2. The predicted molar refractivity (Wildman–Crippen MR) is 208 cm³/mol. The minimum atomic E-state index is -0.707. The summed E-state index contributed by atoms with van der Waals surface area (Å²) in [5.41, 5.74) is 11.2. The summed E-state index contributed by atoms with van der Waals surface area (Å²) in [5.74, 6) is 14.3. The number of nitrogens with two attached hydrogens (primary N) is 1. The van der Waals surface area contributed by atoms with Crippen molar-refractivity contribution in [2.45, 2.75) is 63.7 Å². The van der Waals surface area contributed by atoms with E-state index in [2.05, 4.69) is 62.4 Å². The fourth-order valence-corrected chi connectivity index (χ4v) is 7.56. The largest absolute Gasteiger partial charge is 0.334 e. The molecule has 0 aliphatic carbocycles. The lowest BCUT2D eigenvalue weighted by Crippen LogP contribution is -2.43. The summed E-state index contributed by atoms with van der Waals surface area (Å²) in [4.78, 5) is 49.4. The van der Waals surface area contributed by atoms with E-state index >= 15 is 0 Å². The van der Waals surface area contributed by atoms with Gasteiger partial charge in [0.05, 0.1) is 24.5 Å². The van der Waals surface area contributed by atoms with E-state index in [0.717, 1.165) is 72.7 Å². The molecule has 0 saturated carbocycles. The number of benzene rings is 3. The molecule has 3 aromatic carbocycles. The maximum Gasteiger partial charge on any atom is 0.245 e. The van der Waals surface area contributed by atoms with Gasteiger partial charge in [-0.15, -0.1) is 0 Å². The Labute approximate surface area is 317 Å². The zero-order chi connectivity index (χ0) is 37.4. The highest BCUT2D eigenvalue weighted by Gasteiger charge is 2.38. The van der Waals surface area contributed by atoms with E-state index in [4.69, 9.17) is 5.73 Å². The molecule has 4 N–H and O–H groups in total. The van der Waals surface area contributed by atoms with Crippen LogP contribution in [-0.4, -0.2) is 72.6 Å². The molecule has 274 valence electrons. The third kappa shape index (κ3) is 8.01. The summed E-state index contributed by atoms with van der Waals surface area (Å²) in [6, 6.07) is 26.0. The van der Waals surface area contributed by atoms with Crippen LogP contribution in [0.1, 0.15) is 109 Å². The third-order valence-electron chi connectivity index (χ3n) is 10.4. The first-order chi connectivity index (χ1) is 26.4. The number of carbonyl (C=O) groups excluding carboxylic acids is 2. The number of carbonyl (C=O) groups is 2. The maximum atomic E-state index is 14.1. The first-order valence-corrected chi connectivity index (χ1v) is 18.9. The molecule has 10 nitrogen and oxygen atoms in total. The van der Waals surface area contributed by atoms with Gasteiger partial charge in [-0.1, -0.05) is 86.4 Å². The van der Waals surface area contributed by atoms with Gasteiger partial charge in [0.15, 0.2) is 0 Å². The molecule has 2 amide bonds. The minimum absolute atomic E-state index is 0.0977. The Kier molecular flexibility index (Phi) is 11.3. The standard InChI is InChI=1S/C44H46N8O2/c1-3-50(4-2)40(34-15-9-6-10-16-34)44(54)52-28-12-18-38(52)42-47-30-36(49-42)26-24-32-21-19-31(20-22-32)23-25-35-29-46-41(48-35)37-17-11-27-51(37)43(53)39(45)33-13-7-5-8-14-33/h5-10,13-16,19-22,29-30,37-40H,3-4,11-12,17-18,27-28,45H2,1-2H3,(H,46,48)(H,47,49)/t37-,38-,39+,40+/m0/s1. The lowest BCUT2D eigenvalue weighted by molar-refractivity contribution is -0.138. The Morgan fingerprint density at radius 1 is 0.704 bits per heavy atom. The van der Waals surface area contributed by atoms with Gasteiger partial charge in [0.1, 0.15) is 35.1 Å². The second-order valence-corrected chi connectivity index (χ2v) is 13.7. The number of imidazole rings is 2. The molecule has 54 heavy (non-hydrogen) atoms. The van der Waals surface area contributed by atoms with Crippen molar-refractivity contribution in [2.75, 3.05) is 26.2 Å². The number of aromatic nitrogens is 4. The molecule has 2 aliphatic rings. The van der Waals surface area contributed by atoms with Crippen molar-refractivity contribution in [1.29, 1.82) is 0 Å². The van der Waals surface area contributed by atoms with Crippen LogP contribution in [0.25, 0.3) is 0 Å².